The molecule has 1 heterocycles. The molecule has 0 saturated heterocycles. The predicted molar refractivity (Wildman–Crippen MR) is 56.3 cm³/mol. The second-order valence-electron chi connectivity index (χ2n) is 3.22. The van der Waals surface area contributed by atoms with E-state index in [1.165, 1.54) is 0 Å². The number of aldehydes is 1. The Kier molecular flexibility index (Phi) is 2.93. The van der Waals surface area contributed by atoms with Crippen LogP contribution in [0.3, 0.4) is 0 Å². The number of carbonyl (C=O) groups is 1. The molecule has 0 aliphatic rings. The zero-order valence-corrected chi connectivity index (χ0v) is 8.22. The van der Waals surface area contributed by atoms with Gasteiger partial charge < -0.3 is 9.21 Å². The minimum absolute atomic E-state index is 0.487. The predicted octanol–water partition coefficient (Wildman–Crippen LogP) is 2.47. The Balaban J connectivity index is 2.17. The van der Waals surface area contributed by atoms with Crippen molar-refractivity contribution in [1.29, 1.82) is 0 Å². The molecule has 15 heavy (non-hydrogen) atoms. The average Bonchev–Trinajstić information content (AvgIpc) is 2.76. The van der Waals surface area contributed by atoms with Gasteiger partial charge in [-0.25, -0.2) is 4.98 Å². The van der Waals surface area contributed by atoms with Gasteiger partial charge in [-0.1, -0.05) is 18.2 Å². The molecule has 76 valence electrons. The third kappa shape index (κ3) is 2.31. The number of benzene rings is 1. The number of aryl methyl sites for hydroxylation is 1. The van der Waals surface area contributed by atoms with Crippen molar-refractivity contribution < 1.29 is 9.21 Å². The number of hydrogen-bond acceptors (Lipinski definition) is 3. The van der Waals surface area contributed by atoms with E-state index in [0.717, 1.165) is 17.5 Å². The van der Waals surface area contributed by atoms with Crippen molar-refractivity contribution in [2.75, 3.05) is 0 Å². The van der Waals surface area contributed by atoms with Gasteiger partial charge in [0, 0.05) is 12.0 Å². The van der Waals surface area contributed by atoms with Crippen molar-refractivity contribution in [2.24, 2.45) is 0 Å². The highest BCUT2D eigenvalue weighted by Crippen LogP contribution is 2.18. The lowest BCUT2D eigenvalue weighted by atomic mass is 10.2. The van der Waals surface area contributed by atoms with E-state index in [9.17, 15) is 4.79 Å². The summed E-state index contributed by atoms with van der Waals surface area (Å²) in [6.45, 7) is 0. The lowest BCUT2D eigenvalue weighted by molar-refractivity contribution is -0.107. The molecule has 1 aromatic heterocycles. The maximum atomic E-state index is 10.2. The van der Waals surface area contributed by atoms with E-state index in [2.05, 4.69) is 4.98 Å². The molecular formula is C12H11NO2. The highest BCUT2D eigenvalue weighted by atomic mass is 16.3. The lowest BCUT2D eigenvalue weighted by Gasteiger charge is -1.92. The molecule has 0 unspecified atom stereocenters. The first-order valence-corrected chi connectivity index (χ1v) is 4.83. The highest BCUT2D eigenvalue weighted by Gasteiger charge is 2.05. The van der Waals surface area contributed by atoms with Gasteiger partial charge in [0.15, 0.2) is 0 Å². The van der Waals surface area contributed by atoms with Gasteiger partial charge in [0.2, 0.25) is 5.89 Å². The molecule has 0 spiro atoms. The summed E-state index contributed by atoms with van der Waals surface area (Å²) < 4.78 is 5.32. The first-order valence-electron chi connectivity index (χ1n) is 4.83. The normalized spacial score (nSPS) is 10.1. The fraction of sp³-hybridized carbons (Fsp3) is 0.167. The maximum Gasteiger partial charge on any atom is 0.226 e. The van der Waals surface area contributed by atoms with E-state index in [1.807, 2.05) is 30.3 Å². The summed E-state index contributed by atoms with van der Waals surface area (Å²) >= 11 is 0. The SMILES string of the molecule is O=CCCc1coc(-c2ccccc2)n1. The first-order chi connectivity index (χ1) is 7.40. The molecule has 3 heteroatoms. The molecule has 0 saturated carbocycles. The summed E-state index contributed by atoms with van der Waals surface area (Å²) in [7, 11) is 0. The van der Waals surface area contributed by atoms with Crippen molar-refractivity contribution in [2.45, 2.75) is 12.8 Å². The summed E-state index contributed by atoms with van der Waals surface area (Å²) in [5.74, 6) is 0.608. The van der Waals surface area contributed by atoms with Crippen molar-refractivity contribution >= 4 is 6.29 Å². The number of nitrogens with zero attached hydrogens (tertiary/aromatic N) is 1. The molecule has 3 nitrogen and oxygen atoms in total. The molecule has 0 aliphatic carbocycles. The fourth-order valence-electron chi connectivity index (χ4n) is 1.34. The highest BCUT2D eigenvalue weighted by molar-refractivity contribution is 5.53. The minimum atomic E-state index is 0.487. The van der Waals surface area contributed by atoms with Gasteiger partial charge in [0.25, 0.3) is 0 Å². The van der Waals surface area contributed by atoms with Gasteiger partial charge in [-0.2, -0.15) is 0 Å². The van der Waals surface area contributed by atoms with Crippen LogP contribution in [0, 0.1) is 0 Å². The third-order valence-electron chi connectivity index (χ3n) is 2.09. The molecule has 0 amide bonds. The van der Waals surface area contributed by atoms with Crippen molar-refractivity contribution in [3.63, 3.8) is 0 Å². The molecule has 0 N–H and O–H groups in total. The molecule has 0 fully saturated rings. The number of aromatic nitrogens is 1. The molecule has 0 bridgehead atoms. The molecule has 1 aromatic carbocycles. The van der Waals surface area contributed by atoms with E-state index >= 15 is 0 Å². The number of hydrogen-bond donors (Lipinski definition) is 0. The van der Waals surface area contributed by atoms with Gasteiger partial charge in [-0.15, -0.1) is 0 Å². The van der Waals surface area contributed by atoms with Gasteiger partial charge in [0.1, 0.15) is 12.5 Å². The minimum Gasteiger partial charge on any atom is -0.444 e. The monoisotopic (exact) mass is 201 g/mol. The molecular weight excluding hydrogens is 190 g/mol. The second-order valence-corrected chi connectivity index (χ2v) is 3.22. The standard InChI is InChI=1S/C12H11NO2/c14-8-4-7-11-9-15-12(13-11)10-5-2-1-3-6-10/h1-3,5-6,8-9H,4,7H2. The fourth-order valence-corrected chi connectivity index (χ4v) is 1.34. The molecule has 2 rings (SSSR count). The van der Waals surface area contributed by atoms with Crippen LogP contribution in [0.15, 0.2) is 41.0 Å². The topological polar surface area (TPSA) is 43.1 Å². The Morgan fingerprint density at radius 1 is 1.27 bits per heavy atom. The number of carbonyl (C=O) groups excluding carboxylic acids is 1. The van der Waals surface area contributed by atoms with E-state index < -0.39 is 0 Å². The van der Waals surface area contributed by atoms with Crippen molar-refractivity contribution in [3.05, 3.63) is 42.3 Å². The number of oxazole rings is 1. The van der Waals surface area contributed by atoms with Crippen LogP contribution in [0.5, 0.6) is 0 Å². The maximum absolute atomic E-state index is 10.2. The van der Waals surface area contributed by atoms with Crippen LogP contribution in [0.25, 0.3) is 11.5 Å². The van der Waals surface area contributed by atoms with E-state index in [-0.39, 0.29) is 0 Å². The smallest absolute Gasteiger partial charge is 0.226 e. The van der Waals surface area contributed by atoms with Gasteiger partial charge in [-0.3, -0.25) is 0 Å². The summed E-state index contributed by atoms with van der Waals surface area (Å²) in [6.07, 6.45) is 3.61. The Bertz CT molecular complexity index is 434. The van der Waals surface area contributed by atoms with Crippen LogP contribution in [-0.2, 0) is 11.2 Å². The molecule has 2 aromatic rings. The van der Waals surface area contributed by atoms with Crippen LogP contribution in [0.2, 0.25) is 0 Å². The Hall–Kier alpha value is -1.90. The Morgan fingerprint density at radius 3 is 2.80 bits per heavy atom. The first kappa shape index (κ1) is 9.65. The van der Waals surface area contributed by atoms with Crippen LogP contribution < -0.4 is 0 Å². The van der Waals surface area contributed by atoms with Crippen LogP contribution in [0.4, 0.5) is 0 Å². The van der Waals surface area contributed by atoms with Gasteiger partial charge >= 0.3 is 0 Å². The van der Waals surface area contributed by atoms with Gasteiger partial charge in [0.05, 0.1) is 5.69 Å². The molecule has 0 aliphatic heterocycles. The van der Waals surface area contributed by atoms with E-state index in [1.54, 1.807) is 6.26 Å². The summed E-state index contributed by atoms with van der Waals surface area (Å²) in [6, 6.07) is 9.69. The zero-order chi connectivity index (χ0) is 10.5. The molecule has 0 atom stereocenters. The van der Waals surface area contributed by atoms with E-state index in [4.69, 9.17) is 4.42 Å². The van der Waals surface area contributed by atoms with Crippen LogP contribution >= 0.6 is 0 Å². The van der Waals surface area contributed by atoms with Crippen LogP contribution in [-0.4, -0.2) is 11.3 Å². The number of rotatable bonds is 4. The Morgan fingerprint density at radius 2 is 2.07 bits per heavy atom. The van der Waals surface area contributed by atoms with Crippen molar-refractivity contribution in [3.8, 4) is 11.5 Å². The largest absolute Gasteiger partial charge is 0.444 e. The van der Waals surface area contributed by atoms with Gasteiger partial charge in [-0.05, 0) is 18.6 Å². The summed E-state index contributed by atoms with van der Waals surface area (Å²) in [4.78, 5) is 14.5. The quantitative estimate of drug-likeness (QED) is 0.713. The van der Waals surface area contributed by atoms with E-state index in [0.29, 0.717) is 18.7 Å². The average molecular weight is 201 g/mol. The van der Waals surface area contributed by atoms with Crippen molar-refractivity contribution in [1.82, 2.24) is 4.98 Å². The zero-order valence-electron chi connectivity index (χ0n) is 8.22. The summed E-state index contributed by atoms with van der Waals surface area (Å²) in [5.41, 5.74) is 1.77. The van der Waals surface area contributed by atoms with Crippen LogP contribution in [0.1, 0.15) is 12.1 Å². The Labute approximate surface area is 87.8 Å². The second kappa shape index (κ2) is 4.55. The lowest BCUT2D eigenvalue weighted by Crippen LogP contribution is -1.86. The summed E-state index contributed by atoms with van der Waals surface area (Å²) in [5, 5.41) is 0. The third-order valence-corrected chi connectivity index (χ3v) is 2.09. The molecule has 0 radical (unpaired) electrons.